The van der Waals surface area contributed by atoms with Gasteiger partial charge in [0.05, 0.1) is 18.0 Å². The highest BCUT2D eigenvalue weighted by Crippen LogP contribution is 2.38. The molecule has 0 unspecified atom stereocenters. The number of nitrogen functional groups attached to an aromatic ring is 1. The summed E-state index contributed by atoms with van der Waals surface area (Å²) in [6.07, 6.45) is 4.40. The topological polar surface area (TPSA) is 78.6 Å². The number of nitrogens with zero attached hydrogens (tertiary/aromatic N) is 1. The highest BCUT2D eigenvalue weighted by Gasteiger charge is 2.33. The molecule has 0 atom stereocenters. The summed E-state index contributed by atoms with van der Waals surface area (Å²) in [5, 5.41) is 13.0. The zero-order valence-corrected chi connectivity index (χ0v) is 12.9. The Hall–Kier alpha value is -1.75. The van der Waals surface area contributed by atoms with Crippen molar-refractivity contribution in [1.82, 2.24) is 4.90 Å². The van der Waals surface area contributed by atoms with Crippen molar-refractivity contribution in [3.63, 3.8) is 0 Å². The van der Waals surface area contributed by atoms with Crippen LogP contribution in [0.1, 0.15) is 36.0 Å². The maximum absolute atomic E-state index is 12.0. The molecule has 1 fully saturated rings. The average Bonchev–Trinajstić information content (AvgIpc) is 2.95. The number of hydrogen-bond acceptors (Lipinski definition) is 4. The van der Waals surface area contributed by atoms with Gasteiger partial charge in [0.25, 0.3) is 5.91 Å². The molecule has 21 heavy (non-hydrogen) atoms. The van der Waals surface area contributed by atoms with Crippen LogP contribution in [0.25, 0.3) is 0 Å². The Labute approximate surface area is 126 Å². The van der Waals surface area contributed by atoms with Gasteiger partial charge in [-0.1, -0.05) is 12.8 Å². The van der Waals surface area contributed by atoms with E-state index in [9.17, 15) is 9.90 Å². The van der Waals surface area contributed by atoms with Crippen molar-refractivity contribution in [3.05, 3.63) is 23.8 Å². The van der Waals surface area contributed by atoms with Gasteiger partial charge in [0, 0.05) is 31.6 Å². The van der Waals surface area contributed by atoms with Crippen LogP contribution in [0.5, 0.6) is 0 Å². The molecule has 2 rings (SSSR count). The van der Waals surface area contributed by atoms with Crippen LogP contribution in [-0.2, 0) is 0 Å². The number of aliphatic hydroxyl groups excluding tert-OH is 1. The number of benzene rings is 1. The molecule has 1 aromatic rings. The molecule has 1 amide bonds. The smallest absolute Gasteiger partial charge is 0.253 e. The van der Waals surface area contributed by atoms with Gasteiger partial charge in [-0.25, -0.2) is 0 Å². The number of nitrogens with one attached hydrogen (secondary N) is 1. The molecule has 5 heteroatoms. The third kappa shape index (κ3) is 3.47. The minimum atomic E-state index is -0.0476. The predicted molar refractivity (Wildman–Crippen MR) is 85.3 cm³/mol. The second-order valence-electron chi connectivity index (χ2n) is 6.22. The van der Waals surface area contributed by atoms with Crippen molar-refractivity contribution < 1.29 is 9.90 Å². The van der Waals surface area contributed by atoms with E-state index in [1.807, 2.05) is 0 Å². The van der Waals surface area contributed by atoms with E-state index in [-0.39, 0.29) is 17.9 Å². The van der Waals surface area contributed by atoms with Crippen molar-refractivity contribution >= 4 is 17.3 Å². The number of carbonyl (C=O) groups is 1. The van der Waals surface area contributed by atoms with Gasteiger partial charge in [-0.2, -0.15) is 0 Å². The van der Waals surface area contributed by atoms with Crippen LogP contribution >= 0.6 is 0 Å². The summed E-state index contributed by atoms with van der Waals surface area (Å²) in [4.78, 5) is 13.5. The fourth-order valence-corrected chi connectivity index (χ4v) is 2.90. The monoisotopic (exact) mass is 291 g/mol. The maximum atomic E-state index is 12.0. The van der Waals surface area contributed by atoms with Gasteiger partial charge in [-0.3, -0.25) is 4.79 Å². The van der Waals surface area contributed by atoms with Gasteiger partial charge >= 0.3 is 0 Å². The third-order valence-corrected chi connectivity index (χ3v) is 4.36. The van der Waals surface area contributed by atoms with Gasteiger partial charge in [0.2, 0.25) is 0 Å². The van der Waals surface area contributed by atoms with Crippen molar-refractivity contribution in [2.24, 2.45) is 5.41 Å². The van der Waals surface area contributed by atoms with E-state index in [0.717, 1.165) is 31.4 Å². The lowest BCUT2D eigenvalue weighted by molar-refractivity contribution is 0.0827. The lowest BCUT2D eigenvalue weighted by Crippen LogP contribution is -2.30. The zero-order chi connectivity index (χ0) is 15.5. The first kappa shape index (κ1) is 15.6. The molecule has 1 aliphatic carbocycles. The van der Waals surface area contributed by atoms with E-state index in [1.54, 1.807) is 37.2 Å². The van der Waals surface area contributed by atoms with Crippen LogP contribution in [0, 0.1) is 5.41 Å². The number of carbonyl (C=O) groups excluding carboxylic acids is 1. The molecule has 5 nitrogen and oxygen atoms in total. The van der Waals surface area contributed by atoms with Crippen LogP contribution in [0.2, 0.25) is 0 Å². The summed E-state index contributed by atoms with van der Waals surface area (Å²) in [6.45, 7) is 0.879. The van der Waals surface area contributed by atoms with Crippen LogP contribution in [0.15, 0.2) is 18.2 Å². The number of aliphatic hydroxyl groups is 1. The van der Waals surface area contributed by atoms with Crippen molar-refractivity contribution in [2.75, 3.05) is 38.3 Å². The maximum Gasteiger partial charge on any atom is 0.253 e. The quantitative estimate of drug-likeness (QED) is 0.724. The molecule has 0 bridgehead atoms. The Balaban J connectivity index is 2.12. The molecule has 0 aliphatic heterocycles. The molecule has 0 radical (unpaired) electrons. The van der Waals surface area contributed by atoms with E-state index < -0.39 is 0 Å². The van der Waals surface area contributed by atoms with Gasteiger partial charge in [-0.05, 0) is 31.0 Å². The SMILES string of the molecule is CN(C)C(=O)c1ccc(N)c(NCC2(CO)CCCC2)c1. The van der Waals surface area contributed by atoms with Crippen molar-refractivity contribution in [1.29, 1.82) is 0 Å². The van der Waals surface area contributed by atoms with E-state index in [4.69, 9.17) is 5.73 Å². The van der Waals surface area contributed by atoms with Crippen LogP contribution in [0.4, 0.5) is 11.4 Å². The highest BCUT2D eigenvalue weighted by atomic mass is 16.3. The zero-order valence-electron chi connectivity index (χ0n) is 12.9. The summed E-state index contributed by atoms with van der Waals surface area (Å²) in [6, 6.07) is 5.28. The van der Waals surface area contributed by atoms with Crippen molar-refractivity contribution in [2.45, 2.75) is 25.7 Å². The normalized spacial score (nSPS) is 16.7. The second-order valence-corrected chi connectivity index (χ2v) is 6.22. The summed E-state index contributed by atoms with van der Waals surface area (Å²) >= 11 is 0. The number of hydrogen-bond donors (Lipinski definition) is 3. The number of rotatable bonds is 5. The van der Waals surface area contributed by atoms with Crippen molar-refractivity contribution in [3.8, 4) is 0 Å². The summed E-state index contributed by atoms with van der Waals surface area (Å²) in [5.74, 6) is -0.0456. The van der Waals surface area contributed by atoms with Gasteiger partial charge in [0.1, 0.15) is 0 Å². The summed E-state index contributed by atoms with van der Waals surface area (Å²) < 4.78 is 0. The summed E-state index contributed by atoms with van der Waals surface area (Å²) in [5.41, 5.74) is 7.94. The van der Waals surface area contributed by atoms with Crippen LogP contribution in [0.3, 0.4) is 0 Å². The fraction of sp³-hybridized carbons (Fsp3) is 0.562. The molecule has 0 saturated heterocycles. The van der Waals surface area contributed by atoms with E-state index in [1.165, 1.54) is 0 Å². The Bertz CT molecular complexity index is 508. The lowest BCUT2D eigenvalue weighted by atomic mass is 9.87. The minimum Gasteiger partial charge on any atom is -0.397 e. The minimum absolute atomic E-state index is 0.0456. The second kappa shape index (κ2) is 6.35. The highest BCUT2D eigenvalue weighted by molar-refractivity contribution is 5.95. The van der Waals surface area contributed by atoms with Gasteiger partial charge in [-0.15, -0.1) is 0 Å². The number of nitrogens with two attached hydrogens (primary N) is 1. The number of amides is 1. The molecule has 0 spiro atoms. The first-order valence-electron chi connectivity index (χ1n) is 7.43. The molecule has 1 aromatic carbocycles. The fourth-order valence-electron chi connectivity index (χ4n) is 2.90. The van der Waals surface area contributed by atoms with Crippen LogP contribution in [-0.4, -0.2) is 43.2 Å². The molecule has 116 valence electrons. The van der Waals surface area contributed by atoms with Gasteiger partial charge < -0.3 is 21.1 Å². The largest absolute Gasteiger partial charge is 0.397 e. The first-order chi connectivity index (χ1) is 9.97. The Morgan fingerprint density at radius 2 is 2.05 bits per heavy atom. The molecule has 1 aliphatic rings. The molecule has 0 aromatic heterocycles. The molecule has 4 N–H and O–H groups in total. The Morgan fingerprint density at radius 1 is 1.38 bits per heavy atom. The standard InChI is InChI=1S/C16H25N3O2/c1-19(2)15(21)12-5-6-13(17)14(9-12)18-10-16(11-20)7-3-4-8-16/h5-6,9,18,20H,3-4,7-8,10-11,17H2,1-2H3. The molecular weight excluding hydrogens is 266 g/mol. The molecule has 1 saturated carbocycles. The van der Waals surface area contributed by atoms with Crippen LogP contribution < -0.4 is 11.1 Å². The molecule has 0 heterocycles. The Kier molecular flexibility index (Phi) is 4.73. The Morgan fingerprint density at radius 3 is 2.62 bits per heavy atom. The average molecular weight is 291 g/mol. The van der Waals surface area contributed by atoms with E-state index in [0.29, 0.717) is 17.8 Å². The predicted octanol–water partition coefficient (Wildman–Crippen LogP) is 1.94. The van der Waals surface area contributed by atoms with Gasteiger partial charge in [0.15, 0.2) is 0 Å². The first-order valence-corrected chi connectivity index (χ1v) is 7.43. The lowest BCUT2D eigenvalue weighted by Gasteiger charge is -2.27. The number of anilines is 2. The molecular formula is C16H25N3O2. The van der Waals surface area contributed by atoms with E-state index in [2.05, 4.69) is 5.32 Å². The van der Waals surface area contributed by atoms with E-state index >= 15 is 0 Å². The summed E-state index contributed by atoms with van der Waals surface area (Å²) in [7, 11) is 3.45. The third-order valence-electron chi connectivity index (χ3n) is 4.36.